The lowest BCUT2D eigenvalue weighted by molar-refractivity contribution is 0.591. The highest BCUT2D eigenvalue weighted by molar-refractivity contribution is 5.80. The molecule has 0 amide bonds. The fourth-order valence-corrected chi connectivity index (χ4v) is 2.23. The Morgan fingerprint density at radius 2 is 1.95 bits per heavy atom. The van der Waals surface area contributed by atoms with Gasteiger partial charge in [-0.15, -0.1) is 0 Å². The van der Waals surface area contributed by atoms with Crippen LogP contribution in [0.3, 0.4) is 0 Å². The van der Waals surface area contributed by atoms with Crippen molar-refractivity contribution in [1.29, 1.82) is 5.26 Å². The molecule has 0 unspecified atom stereocenters. The van der Waals surface area contributed by atoms with E-state index >= 15 is 0 Å². The molecule has 0 aliphatic rings. The monoisotopic (exact) mass is 254 g/mol. The zero-order chi connectivity index (χ0) is 14.2. The van der Waals surface area contributed by atoms with E-state index in [4.69, 9.17) is 5.26 Å². The summed E-state index contributed by atoms with van der Waals surface area (Å²) >= 11 is 0. The molecule has 0 aliphatic carbocycles. The Kier molecular flexibility index (Phi) is 3.20. The van der Waals surface area contributed by atoms with E-state index in [1.165, 1.54) is 5.56 Å². The van der Waals surface area contributed by atoms with E-state index in [0.717, 1.165) is 10.9 Å². The van der Waals surface area contributed by atoms with Crippen LogP contribution in [0.25, 0.3) is 10.9 Å². The van der Waals surface area contributed by atoms with Crippen molar-refractivity contribution in [1.82, 2.24) is 4.57 Å². The third-order valence-corrected chi connectivity index (χ3v) is 3.43. The van der Waals surface area contributed by atoms with Crippen molar-refractivity contribution in [2.45, 2.75) is 32.6 Å². The van der Waals surface area contributed by atoms with Gasteiger partial charge in [0.2, 0.25) is 0 Å². The zero-order valence-electron chi connectivity index (χ0n) is 11.8. The van der Waals surface area contributed by atoms with Gasteiger partial charge in [-0.05, 0) is 34.6 Å². The molecule has 2 rings (SSSR count). The normalized spacial score (nSPS) is 11.5. The predicted octanol–water partition coefficient (Wildman–Crippen LogP) is 2.90. The third-order valence-electron chi connectivity index (χ3n) is 3.43. The van der Waals surface area contributed by atoms with Gasteiger partial charge < -0.3 is 4.57 Å². The summed E-state index contributed by atoms with van der Waals surface area (Å²) in [6.07, 6.45) is 0.155. The van der Waals surface area contributed by atoms with Gasteiger partial charge in [0.25, 0.3) is 5.56 Å². The summed E-state index contributed by atoms with van der Waals surface area (Å²) in [4.78, 5) is 12.1. The minimum Gasteiger partial charge on any atom is -0.311 e. The average molecular weight is 254 g/mol. The van der Waals surface area contributed by atoms with E-state index in [0.29, 0.717) is 5.56 Å². The Hall–Kier alpha value is -2.08. The molecule has 1 heterocycles. The van der Waals surface area contributed by atoms with Crippen molar-refractivity contribution < 1.29 is 0 Å². The van der Waals surface area contributed by atoms with Gasteiger partial charge in [-0.1, -0.05) is 26.8 Å². The van der Waals surface area contributed by atoms with Crippen molar-refractivity contribution in [2.24, 2.45) is 7.05 Å². The largest absolute Gasteiger partial charge is 0.311 e. The molecule has 0 saturated heterocycles. The molecule has 0 radical (unpaired) electrons. The van der Waals surface area contributed by atoms with E-state index < -0.39 is 0 Å². The number of aryl methyl sites for hydroxylation is 1. The smallest absolute Gasteiger partial charge is 0.255 e. The minimum atomic E-state index is -0.0856. The second-order valence-corrected chi connectivity index (χ2v) is 5.89. The maximum atomic E-state index is 12.1. The highest BCUT2D eigenvalue weighted by atomic mass is 16.1. The third kappa shape index (κ3) is 2.39. The van der Waals surface area contributed by atoms with Gasteiger partial charge in [-0.2, -0.15) is 5.26 Å². The van der Waals surface area contributed by atoms with Crippen molar-refractivity contribution in [3.05, 3.63) is 45.7 Å². The van der Waals surface area contributed by atoms with Crippen molar-refractivity contribution in [3.8, 4) is 6.07 Å². The van der Waals surface area contributed by atoms with Crippen LogP contribution in [0.4, 0.5) is 0 Å². The fraction of sp³-hybridized carbons (Fsp3) is 0.375. The minimum absolute atomic E-state index is 0.0677. The highest BCUT2D eigenvalue weighted by Crippen LogP contribution is 2.25. The van der Waals surface area contributed by atoms with Crippen LogP contribution < -0.4 is 5.56 Å². The second-order valence-electron chi connectivity index (χ2n) is 5.89. The first-order valence-corrected chi connectivity index (χ1v) is 6.34. The molecule has 19 heavy (non-hydrogen) atoms. The van der Waals surface area contributed by atoms with Gasteiger partial charge in [0.15, 0.2) is 0 Å². The van der Waals surface area contributed by atoms with Crippen LogP contribution in [0.2, 0.25) is 0 Å². The van der Waals surface area contributed by atoms with Crippen LogP contribution in [-0.4, -0.2) is 4.57 Å². The number of nitriles is 1. The summed E-state index contributed by atoms with van der Waals surface area (Å²) in [5.74, 6) is 0. The summed E-state index contributed by atoms with van der Waals surface area (Å²) in [7, 11) is 1.75. The molecule has 0 fully saturated rings. The molecule has 0 saturated carbocycles. The van der Waals surface area contributed by atoms with E-state index in [1.807, 2.05) is 18.2 Å². The average Bonchev–Trinajstić information content (AvgIpc) is 2.34. The molecule has 98 valence electrons. The maximum absolute atomic E-state index is 12.1. The lowest BCUT2D eigenvalue weighted by atomic mass is 9.86. The van der Waals surface area contributed by atoms with Crippen LogP contribution >= 0.6 is 0 Å². The number of aromatic nitrogens is 1. The second kappa shape index (κ2) is 4.55. The summed E-state index contributed by atoms with van der Waals surface area (Å²) in [5, 5.41) is 9.81. The quantitative estimate of drug-likeness (QED) is 0.785. The molecular formula is C16H18N2O. The number of nitrogens with zero attached hydrogens (tertiary/aromatic N) is 2. The van der Waals surface area contributed by atoms with E-state index in [2.05, 4.69) is 32.9 Å². The van der Waals surface area contributed by atoms with Crippen molar-refractivity contribution in [3.63, 3.8) is 0 Å². The van der Waals surface area contributed by atoms with Crippen LogP contribution in [-0.2, 0) is 18.9 Å². The van der Waals surface area contributed by atoms with E-state index in [1.54, 1.807) is 11.6 Å². The molecule has 0 bridgehead atoms. The molecular weight excluding hydrogens is 236 g/mol. The fourth-order valence-electron chi connectivity index (χ4n) is 2.23. The first-order valence-electron chi connectivity index (χ1n) is 6.34. The van der Waals surface area contributed by atoms with Crippen molar-refractivity contribution in [2.75, 3.05) is 0 Å². The molecule has 0 atom stereocenters. The SMILES string of the molecule is Cn1c(=O)c(CC#N)cc2cc(C(C)(C)C)ccc21. The summed E-state index contributed by atoms with van der Waals surface area (Å²) in [6, 6.07) is 10.0. The lowest BCUT2D eigenvalue weighted by Gasteiger charge is -2.20. The van der Waals surface area contributed by atoms with Crippen LogP contribution in [0, 0.1) is 11.3 Å². The summed E-state index contributed by atoms with van der Waals surface area (Å²) in [5.41, 5.74) is 2.67. The van der Waals surface area contributed by atoms with Gasteiger partial charge >= 0.3 is 0 Å². The van der Waals surface area contributed by atoms with Gasteiger partial charge in [0.1, 0.15) is 0 Å². The highest BCUT2D eigenvalue weighted by Gasteiger charge is 2.15. The van der Waals surface area contributed by atoms with Crippen LogP contribution in [0.15, 0.2) is 29.1 Å². The Bertz CT molecular complexity index is 727. The predicted molar refractivity (Wildman–Crippen MR) is 77.2 cm³/mol. The first kappa shape index (κ1) is 13.4. The van der Waals surface area contributed by atoms with Gasteiger partial charge in [-0.25, -0.2) is 0 Å². The van der Waals surface area contributed by atoms with Gasteiger partial charge in [-0.3, -0.25) is 4.79 Å². The molecule has 0 spiro atoms. The molecule has 3 heteroatoms. The van der Waals surface area contributed by atoms with Crippen LogP contribution in [0.5, 0.6) is 0 Å². The first-order chi connectivity index (χ1) is 8.84. The van der Waals surface area contributed by atoms with E-state index in [9.17, 15) is 4.79 Å². The Morgan fingerprint density at radius 1 is 1.26 bits per heavy atom. The van der Waals surface area contributed by atoms with E-state index in [-0.39, 0.29) is 17.4 Å². The van der Waals surface area contributed by atoms with Gasteiger partial charge in [0, 0.05) is 12.6 Å². The van der Waals surface area contributed by atoms with Crippen LogP contribution in [0.1, 0.15) is 31.9 Å². The van der Waals surface area contributed by atoms with Gasteiger partial charge in [0.05, 0.1) is 18.0 Å². The number of benzene rings is 1. The molecule has 1 aromatic heterocycles. The Morgan fingerprint density at radius 3 is 2.53 bits per heavy atom. The summed E-state index contributed by atoms with van der Waals surface area (Å²) < 4.78 is 1.62. The number of hydrogen-bond acceptors (Lipinski definition) is 2. The molecule has 0 N–H and O–H groups in total. The molecule has 0 aliphatic heterocycles. The molecule has 1 aromatic carbocycles. The maximum Gasteiger partial charge on any atom is 0.255 e. The topological polar surface area (TPSA) is 45.8 Å². The standard InChI is InChI=1S/C16H18N2O/c1-16(2,3)13-5-6-14-12(10-13)9-11(7-8-17)15(19)18(14)4/h5-6,9-10H,7H2,1-4H3. The molecule has 2 aromatic rings. The number of pyridine rings is 1. The Labute approximate surface area is 113 Å². The zero-order valence-corrected chi connectivity index (χ0v) is 11.8. The number of hydrogen-bond donors (Lipinski definition) is 0. The molecule has 3 nitrogen and oxygen atoms in total. The lowest BCUT2D eigenvalue weighted by Crippen LogP contribution is -2.21. The Balaban J connectivity index is 2.76. The number of fused-ring (bicyclic) bond motifs is 1. The van der Waals surface area contributed by atoms with Crippen molar-refractivity contribution >= 4 is 10.9 Å². The summed E-state index contributed by atoms with van der Waals surface area (Å²) in [6.45, 7) is 6.48. The number of rotatable bonds is 1.